The molecule has 2 rings (SSSR count). The molecule has 1 aromatic heterocycles. The van der Waals surface area contributed by atoms with Crippen molar-refractivity contribution in [3.8, 4) is 0 Å². The van der Waals surface area contributed by atoms with Crippen molar-refractivity contribution in [3.63, 3.8) is 0 Å². The number of carboxylic acids is 1. The molecule has 9 heteroatoms. The Bertz CT molecular complexity index is 492. The first-order valence-electron chi connectivity index (χ1n) is 5.84. The molecule has 0 aliphatic carbocycles. The van der Waals surface area contributed by atoms with E-state index in [1.54, 1.807) is 16.5 Å². The number of nitro groups is 1. The SMILES string of the molecule is Cn1cnc([N+](=O)[O-])c1N1CCN(CC(=O)O)CC1. The summed E-state index contributed by atoms with van der Waals surface area (Å²) in [4.78, 5) is 28.5. The molecule has 1 saturated heterocycles. The van der Waals surface area contributed by atoms with Crippen LogP contribution in [0.1, 0.15) is 0 Å². The van der Waals surface area contributed by atoms with Crippen LogP contribution >= 0.6 is 0 Å². The molecule has 1 fully saturated rings. The van der Waals surface area contributed by atoms with E-state index < -0.39 is 10.9 Å². The standard InChI is InChI=1S/C10H15N5O4/c1-12-7-11-9(15(18)19)10(12)14-4-2-13(3-5-14)6-8(16)17/h7H,2-6H2,1H3,(H,16,17). The highest BCUT2D eigenvalue weighted by molar-refractivity contribution is 5.69. The van der Waals surface area contributed by atoms with Crippen LogP contribution in [0.2, 0.25) is 0 Å². The molecule has 2 heterocycles. The Kier molecular flexibility index (Phi) is 3.65. The number of aliphatic carboxylic acids is 1. The van der Waals surface area contributed by atoms with Gasteiger partial charge in [-0.25, -0.2) is 0 Å². The summed E-state index contributed by atoms with van der Waals surface area (Å²) in [5.74, 6) is -0.547. The molecule has 9 nitrogen and oxygen atoms in total. The van der Waals surface area contributed by atoms with Crippen molar-refractivity contribution < 1.29 is 14.8 Å². The fourth-order valence-electron chi connectivity index (χ4n) is 2.21. The Balaban J connectivity index is 2.07. The molecule has 1 aliphatic rings. The number of hydrogen-bond donors (Lipinski definition) is 1. The van der Waals surface area contributed by atoms with E-state index in [0.717, 1.165) is 0 Å². The molecule has 0 radical (unpaired) electrons. The molecule has 19 heavy (non-hydrogen) atoms. The summed E-state index contributed by atoms with van der Waals surface area (Å²) >= 11 is 0. The third-order valence-electron chi connectivity index (χ3n) is 3.09. The number of anilines is 1. The van der Waals surface area contributed by atoms with Crippen LogP contribution in [0.4, 0.5) is 11.6 Å². The first-order chi connectivity index (χ1) is 8.99. The Morgan fingerprint density at radius 1 is 1.47 bits per heavy atom. The first kappa shape index (κ1) is 13.3. The molecule has 0 saturated carbocycles. The maximum atomic E-state index is 10.9. The maximum absolute atomic E-state index is 10.9. The number of imidazole rings is 1. The summed E-state index contributed by atoms with van der Waals surface area (Å²) in [5.41, 5.74) is 0. The fourth-order valence-corrected chi connectivity index (χ4v) is 2.21. The van der Waals surface area contributed by atoms with E-state index in [-0.39, 0.29) is 12.4 Å². The highest BCUT2D eigenvalue weighted by atomic mass is 16.6. The lowest BCUT2D eigenvalue weighted by Crippen LogP contribution is -2.48. The van der Waals surface area contributed by atoms with E-state index in [1.165, 1.54) is 6.33 Å². The lowest BCUT2D eigenvalue weighted by molar-refractivity contribution is -0.388. The van der Waals surface area contributed by atoms with E-state index in [0.29, 0.717) is 32.0 Å². The van der Waals surface area contributed by atoms with Gasteiger partial charge in [-0.3, -0.25) is 14.3 Å². The van der Waals surface area contributed by atoms with Crippen molar-refractivity contribution in [3.05, 3.63) is 16.4 Å². The second kappa shape index (κ2) is 5.22. The minimum absolute atomic E-state index is 0.00131. The molecule has 0 aromatic carbocycles. The van der Waals surface area contributed by atoms with Crippen molar-refractivity contribution in [1.29, 1.82) is 0 Å². The Hall–Kier alpha value is -2.16. The highest BCUT2D eigenvalue weighted by Crippen LogP contribution is 2.26. The van der Waals surface area contributed by atoms with Crippen molar-refractivity contribution in [2.45, 2.75) is 0 Å². The van der Waals surface area contributed by atoms with Gasteiger partial charge in [-0.1, -0.05) is 0 Å². The van der Waals surface area contributed by atoms with Gasteiger partial charge < -0.3 is 20.1 Å². The van der Waals surface area contributed by atoms with Gasteiger partial charge in [0.05, 0.1) is 6.54 Å². The van der Waals surface area contributed by atoms with Gasteiger partial charge in [-0.2, -0.15) is 0 Å². The Morgan fingerprint density at radius 2 is 2.11 bits per heavy atom. The second-order valence-electron chi connectivity index (χ2n) is 4.42. The maximum Gasteiger partial charge on any atom is 0.406 e. The Labute approximate surface area is 109 Å². The van der Waals surface area contributed by atoms with Gasteiger partial charge in [0.1, 0.15) is 0 Å². The molecule has 0 amide bonds. The molecule has 1 N–H and O–H groups in total. The Morgan fingerprint density at radius 3 is 2.63 bits per heavy atom. The molecule has 1 aliphatic heterocycles. The zero-order chi connectivity index (χ0) is 14.0. The van der Waals surface area contributed by atoms with Crippen LogP contribution in [-0.4, -0.2) is 63.2 Å². The number of rotatable bonds is 4. The number of nitrogens with zero attached hydrogens (tertiary/aromatic N) is 5. The monoisotopic (exact) mass is 269 g/mol. The highest BCUT2D eigenvalue weighted by Gasteiger charge is 2.28. The van der Waals surface area contributed by atoms with E-state index in [2.05, 4.69) is 4.98 Å². The van der Waals surface area contributed by atoms with Gasteiger partial charge in [0, 0.05) is 33.2 Å². The molecule has 0 atom stereocenters. The normalized spacial score (nSPS) is 16.6. The summed E-state index contributed by atoms with van der Waals surface area (Å²) in [5, 5.41) is 19.6. The van der Waals surface area contributed by atoms with E-state index in [1.807, 2.05) is 4.90 Å². The molecule has 104 valence electrons. The van der Waals surface area contributed by atoms with Crippen molar-refractivity contribution in [1.82, 2.24) is 14.5 Å². The number of carboxylic acid groups (broad SMARTS) is 1. The summed E-state index contributed by atoms with van der Waals surface area (Å²) in [6, 6.07) is 0. The van der Waals surface area contributed by atoms with Gasteiger partial charge in [0.25, 0.3) is 0 Å². The molecule has 0 spiro atoms. The van der Waals surface area contributed by atoms with Crippen LogP contribution in [-0.2, 0) is 11.8 Å². The number of hydrogen-bond acceptors (Lipinski definition) is 6. The first-order valence-corrected chi connectivity index (χ1v) is 5.84. The van der Waals surface area contributed by atoms with Gasteiger partial charge in [-0.05, 0) is 9.91 Å². The van der Waals surface area contributed by atoms with Crippen LogP contribution < -0.4 is 4.90 Å². The average Bonchev–Trinajstić information content (AvgIpc) is 2.71. The average molecular weight is 269 g/mol. The lowest BCUT2D eigenvalue weighted by atomic mass is 10.3. The minimum atomic E-state index is -0.861. The summed E-state index contributed by atoms with van der Waals surface area (Å²) in [6.45, 7) is 2.23. The summed E-state index contributed by atoms with van der Waals surface area (Å²) in [6.07, 6.45) is 1.41. The minimum Gasteiger partial charge on any atom is -0.480 e. The predicted molar refractivity (Wildman–Crippen MR) is 66.2 cm³/mol. The zero-order valence-electron chi connectivity index (χ0n) is 10.5. The van der Waals surface area contributed by atoms with Crippen molar-refractivity contribution in [2.24, 2.45) is 7.05 Å². The third kappa shape index (κ3) is 2.81. The van der Waals surface area contributed by atoms with E-state index in [4.69, 9.17) is 5.11 Å². The topological polar surface area (TPSA) is 105 Å². The van der Waals surface area contributed by atoms with Crippen LogP contribution in [0.5, 0.6) is 0 Å². The molecule has 0 bridgehead atoms. The molecular formula is C10H15N5O4. The lowest BCUT2D eigenvalue weighted by Gasteiger charge is -2.34. The van der Waals surface area contributed by atoms with Crippen LogP contribution in [0.3, 0.4) is 0 Å². The third-order valence-corrected chi connectivity index (χ3v) is 3.09. The van der Waals surface area contributed by atoms with Crippen LogP contribution in [0, 0.1) is 10.1 Å². The van der Waals surface area contributed by atoms with Gasteiger partial charge in [0.2, 0.25) is 12.1 Å². The summed E-state index contributed by atoms with van der Waals surface area (Å²) in [7, 11) is 1.71. The zero-order valence-corrected chi connectivity index (χ0v) is 10.5. The fraction of sp³-hybridized carbons (Fsp3) is 0.600. The predicted octanol–water partition coefficient (Wildman–Crippen LogP) is -0.465. The van der Waals surface area contributed by atoms with Gasteiger partial charge in [-0.15, -0.1) is 0 Å². The summed E-state index contributed by atoms with van der Waals surface area (Å²) < 4.78 is 1.62. The number of aromatic nitrogens is 2. The van der Waals surface area contributed by atoms with Crippen molar-refractivity contribution in [2.75, 3.05) is 37.6 Å². The van der Waals surface area contributed by atoms with Crippen LogP contribution in [0.15, 0.2) is 6.33 Å². The molecule has 1 aromatic rings. The number of piperazine rings is 1. The van der Waals surface area contributed by atoms with E-state index >= 15 is 0 Å². The molecular weight excluding hydrogens is 254 g/mol. The second-order valence-corrected chi connectivity index (χ2v) is 4.42. The largest absolute Gasteiger partial charge is 0.480 e. The van der Waals surface area contributed by atoms with Gasteiger partial charge >= 0.3 is 11.8 Å². The number of carbonyl (C=O) groups is 1. The van der Waals surface area contributed by atoms with E-state index in [9.17, 15) is 14.9 Å². The smallest absolute Gasteiger partial charge is 0.406 e. The van der Waals surface area contributed by atoms with Crippen LogP contribution in [0.25, 0.3) is 0 Å². The quantitative estimate of drug-likeness (QED) is 0.582. The number of aryl methyl sites for hydroxylation is 1. The van der Waals surface area contributed by atoms with Gasteiger partial charge in [0.15, 0.2) is 0 Å². The molecule has 0 unspecified atom stereocenters. The van der Waals surface area contributed by atoms with Crippen molar-refractivity contribution >= 4 is 17.6 Å².